The fraction of sp³-hybridized carbons (Fsp3) is 0.600. The molecule has 0 saturated carbocycles. The van der Waals surface area contributed by atoms with Crippen LogP contribution in [0.4, 0.5) is 0 Å². The van der Waals surface area contributed by atoms with Crippen LogP contribution in [0.25, 0.3) is 0 Å². The van der Waals surface area contributed by atoms with Crippen LogP contribution in [-0.2, 0) is 0 Å². The van der Waals surface area contributed by atoms with Crippen molar-refractivity contribution in [3.05, 3.63) is 23.9 Å². The van der Waals surface area contributed by atoms with Crippen LogP contribution < -0.4 is 4.74 Å². The Morgan fingerprint density at radius 2 is 2.20 bits per heavy atom. The average molecular weight is 275 g/mol. The zero-order valence-electron chi connectivity index (χ0n) is 11.9. The lowest BCUT2D eigenvalue weighted by Crippen LogP contribution is -2.36. The molecule has 0 bridgehead atoms. The Morgan fingerprint density at radius 1 is 1.40 bits per heavy atom. The monoisotopic (exact) mass is 275 g/mol. The Bertz CT molecular complexity index is 486. The van der Waals surface area contributed by atoms with E-state index in [9.17, 15) is 4.79 Å². The van der Waals surface area contributed by atoms with E-state index in [-0.39, 0.29) is 12.0 Å². The molecule has 1 aromatic rings. The van der Waals surface area contributed by atoms with Gasteiger partial charge in [0, 0.05) is 19.8 Å². The zero-order chi connectivity index (χ0) is 13.9. The van der Waals surface area contributed by atoms with E-state index in [0.29, 0.717) is 18.0 Å². The molecular formula is C15H21N3O2. The number of rotatable bonds is 3. The van der Waals surface area contributed by atoms with Crippen LogP contribution in [0, 0.1) is 0 Å². The molecule has 0 N–H and O–H groups in total. The van der Waals surface area contributed by atoms with Gasteiger partial charge in [0.15, 0.2) is 0 Å². The van der Waals surface area contributed by atoms with Gasteiger partial charge in [0.05, 0.1) is 6.54 Å². The summed E-state index contributed by atoms with van der Waals surface area (Å²) >= 11 is 0. The molecule has 108 valence electrons. The summed E-state index contributed by atoms with van der Waals surface area (Å²) in [6, 6.07) is 3.56. The SMILES string of the molecule is CN1CC(CCN2CCCC2)Oc2ncccc2C1=O. The van der Waals surface area contributed by atoms with Gasteiger partial charge in [-0.25, -0.2) is 4.98 Å². The molecule has 5 heteroatoms. The largest absolute Gasteiger partial charge is 0.472 e. The van der Waals surface area contributed by atoms with E-state index in [1.165, 1.54) is 25.9 Å². The molecule has 0 aromatic carbocycles. The Kier molecular flexibility index (Phi) is 3.87. The lowest BCUT2D eigenvalue weighted by molar-refractivity contribution is 0.0746. The van der Waals surface area contributed by atoms with Crippen LogP contribution in [-0.4, -0.2) is 60.0 Å². The summed E-state index contributed by atoms with van der Waals surface area (Å²) in [5.41, 5.74) is 0.568. The van der Waals surface area contributed by atoms with Gasteiger partial charge in [0.1, 0.15) is 11.7 Å². The van der Waals surface area contributed by atoms with Crippen LogP contribution in [0.15, 0.2) is 18.3 Å². The molecule has 3 heterocycles. The molecule has 3 rings (SSSR count). The zero-order valence-corrected chi connectivity index (χ0v) is 11.9. The summed E-state index contributed by atoms with van der Waals surface area (Å²) in [5.74, 6) is 0.477. The summed E-state index contributed by atoms with van der Waals surface area (Å²) in [7, 11) is 1.83. The number of carbonyl (C=O) groups excluding carboxylic acids is 1. The number of fused-ring (bicyclic) bond motifs is 1. The first-order chi connectivity index (χ1) is 9.74. The first-order valence-corrected chi connectivity index (χ1v) is 7.33. The first-order valence-electron chi connectivity index (χ1n) is 7.33. The Morgan fingerprint density at radius 3 is 3.00 bits per heavy atom. The Labute approximate surface area is 119 Å². The maximum absolute atomic E-state index is 12.2. The van der Waals surface area contributed by atoms with Gasteiger partial charge in [0.25, 0.3) is 5.91 Å². The topological polar surface area (TPSA) is 45.7 Å². The van der Waals surface area contributed by atoms with E-state index in [4.69, 9.17) is 4.74 Å². The number of pyridine rings is 1. The van der Waals surface area contributed by atoms with Crippen molar-refractivity contribution in [1.82, 2.24) is 14.8 Å². The number of likely N-dealkylation sites (N-methyl/N-ethyl adjacent to an activating group) is 1. The van der Waals surface area contributed by atoms with Gasteiger partial charge >= 0.3 is 0 Å². The Balaban J connectivity index is 1.69. The molecule has 5 nitrogen and oxygen atoms in total. The van der Waals surface area contributed by atoms with E-state index in [2.05, 4.69) is 9.88 Å². The molecule has 2 aliphatic heterocycles. The molecule has 0 radical (unpaired) electrons. The van der Waals surface area contributed by atoms with E-state index >= 15 is 0 Å². The van der Waals surface area contributed by atoms with Crippen LogP contribution in [0.1, 0.15) is 29.6 Å². The maximum atomic E-state index is 12.2. The van der Waals surface area contributed by atoms with Crippen LogP contribution in [0.5, 0.6) is 5.88 Å². The molecule has 1 amide bonds. The number of likely N-dealkylation sites (tertiary alicyclic amines) is 1. The van der Waals surface area contributed by atoms with Crippen LogP contribution in [0.3, 0.4) is 0 Å². The van der Waals surface area contributed by atoms with E-state index in [1.54, 1.807) is 23.2 Å². The maximum Gasteiger partial charge on any atom is 0.259 e. The highest BCUT2D eigenvalue weighted by atomic mass is 16.5. The highest BCUT2D eigenvalue weighted by Gasteiger charge is 2.27. The van der Waals surface area contributed by atoms with Crippen molar-refractivity contribution in [1.29, 1.82) is 0 Å². The van der Waals surface area contributed by atoms with Crippen molar-refractivity contribution in [2.75, 3.05) is 33.2 Å². The van der Waals surface area contributed by atoms with Gasteiger partial charge in [-0.05, 0) is 44.5 Å². The van der Waals surface area contributed by atoms with E-state index < -0.39 is 0 Å². The smallest absolute Gasteiger partial charge is 0.259 e. The van der Waals surface area contributed by atoms with Gasteiger partial charge in [-0.3, -0.25) is 4.79 Å². The van der Waals surface area contributed by atoms with Gasteiger partial charge < -0.3 is 14.5 Å². The second kappa shape index (κ2) is 5.79. The van der Waals surface area contributed by atoms with Crippen LogP contribution in [0.2, 0.25) is 0 Å². The number of amides is 1. The third-order valence-corrected chi connectivity index (χ3v) is 4.07. The lowest BCUT2D eigenvalue weighted by atomic mass is 10.2. The molecule has 2 aliphatic rings. The highest BCUT2D eigenvalue weighted by molar-refractivity contribution is 5.96. The Hall–Kier alpha value is -1.62. The molecule has 1 aromatic heterocycles. The predicted octanol–water partition coefficient (Wildman–Crippen LogP) is 1.40. The number of hydrogen-bond donors (Lipinski definition) is 0. The lowest BCUT2D eigenvalue weighted by Gasteiger charge is -2.22. The molecule has 1 atom stereocenters. The van der Waals surface area contributed by atoms with Gasteiger partial charge in [0.2, 0.25) is 5.88 Å². The van der Waals surface area contributed by atoms with Crippen molar-refractivity contribution >= 4 is 5.91 Å². The predicted molar refractivity (Wildman–Crippen MR) is 75.9 cm³/mol. The third-order valence-electron chi connectivity index (χ3n) is 4.07. The van der Waals surface area contributed by atoms with Crippen molar-refractivity contribution in [2.45, 2.75) is 25.4 Å². The van der Waals surface area contributed by atoms with E-state index in [1.807, 2.05) is 7.05 Å². The molecule has 1 fully saturated rings. The molecule has 1 unspecified atom stereocenters. The molecule has 20 heavy (non-hydrogen) atoms. The second-order valence-electron chi connectivity index (χ2n) is 5.62. The second-order valence-corrected chi connectivity index (χ2v) is 5.62. The number of hydrogen-bond acceptors (Lipinski definition) is 4. The van der Waals surface area contributed by atoms with Crippen molar-refractivity contribution in [3.8, 4) is 5.88 Å². The summed E-state index contributed by atoms with van der Waals surface area (Å²) < 4.78 is 5.96. The van der Waals surface area contributed by atoms with Gasteiger partial charge in [-0.1, -0.05) is 0 Å². The van der Waals surface area contributed by atoms with Gasteiger partial charge in [-0.2, -0.15) is 0 Å². The number of ether oxygens (including phenoxy) is 1. The molecule has 0 spiro atoms. The minimum absolute atomic E-state index is 0.00299. The van der Waals surface area contributed by atoms with E-state index in [0.717, 1.165) is 13.0 Å². The number of carbonyl (C=O) groups is 1. The van der Waals surface area contributed by atoms with Crippen molar-refractivity contribution in [3.63, 3.8) is 0 Å². The molecule has 1 saturated heterocycles. The standard InChI is InChI=1S/C15H21N3O2/c1-17-11-12(6-10-18-8-2-3-9-18)20-14-13(15(17)19)5-4-7-16-14/h4-5,7,12H,2-3,6,8-11H2,1H3. The normalized spacial score (nSPS) is 23.4. The summed E-state index contributed by atoms with van der Waals surface area (Å²) in [6.45, 7) is 4.05. The number of aromatic nitrogens is 1. The number of nitrogens with zero attached hydrogens (tertiary/aromatic N) is 3. The van der Waals surface area contributed by atoms with Crippen LogP contribution >= 0.6 is 0 Å². The summed E-state index contributed by atoms with van der Waals surface area (Å²) in [5, 5.41) is 0. The average Bonchev–Trinajstić information content (AvgIpc) is 2.94. The fourth-order valence-corrected chi connectivity index (χ4v) is 2.92. The molecule has 0 aliphatic carbocycles. The van der Waals surface area contributed by atoms with Crippen molar-refractivity contribution < 1.29 is 9.53 Å². The van der Waals surface area contributed by atoms with Crippen molar-refractivity contribution in [2.24, 2.45) is 0 Å². The highest BCUT2D eigenvalue weighted by Crippen LogP contribution is 2.23. The fourth-order valence-electron chi connectivity index (χ4n) is 2.92. The van der Waals surface area contributed by atoms with Gasteiger partial charge in [-0.15, -0.1) is 0 Å². The molecular weight excluding hydrogens is 254 g/mol. The first kappa shape index (κ1) is 13.4. The summed E-state index contributed by atoms with van der Waals surface area (Å²) in [4.78, 5) is 20.7. The quantitative estimate of drug-likeness (QED) is 0.836. The minimum atomic E-state index is -0.00299. The third kappa shape index (κ3) is 2.77. The minimum Gasteiger partial charge on any atom is -0.472 e. The summed E-state index contributed by atoms with van der Waals surface area (Å²) in [6.07, 6.45) is 5.24.